The first-order valence-electron chi connectivity index (χ1n) is 9.01. The molecule has 0 fully saturated rings. The highest BCUT2D eigenvalue weighted by Crippen LogP contribution is 2.33. The smallest absolute Gasteiger partial charge is 0.270 e. The minimum Gasteiger partial charge on any atom is -0.486 e. The molecule has 0 saturated carbocycles. The Kier molecular flexibility index (Phi) is 5.05. The molecule has 0 saturated heterocycles. The van der Waals surface area contributed by atoms with Crippen molar-refractivity contribution in [2.24, 2.45) is 0 Å². The van der Waals surface area contributed by atoms with Crippen molar-refractivity contribution in [3.05, 3.63) is 71.5 Å². The monoisotopic (exact) mass is 376 g/mol. The molecule has 142 valence electrons. The molecule has 1 aliphatic heterocycles. The van der Waals surface area contributed by atoms with Gasteiger partial charge in [-0.05, 0) is 30.7 Å². The van der Waals surface area contributed by atoms with E-state index in [0.717, 1.165) is 16.8 Å². The fourth-order valence-electron chi connectivity index (χ4n) is 2.89. The molecule has 2 heterocycles. The number of fused-ring (bicyclic) bond motifs is 1. The highest BCUT2D eigenvalue weighted by Gasteiger charge is 2.13. The van der Waals surface area contributed by atoms with Crippen LogP contribution in [0, 0.1) is 6.92 Å². The molecule has 28 heavy (non-hydrogen) atoms. The van der Waals surface area contributed by atoms with Gasteiger partial charge < -0.3 is 20.1 Å². The second-order valence-electron chi connectivity index (χ2n) is 6.42. The number of hydrogen-bond acceptors (Lipinski definition) is 6. The quantitative estimate of drug-likeness (QED) is 0.711. The normalized spacial score (nSPS) is 12.3. The Balaban J connectivity index is 1.43. The zero-order chi connectivity index (χ0) is 19.3. The van der Waals surface area contributed by atoms with Crippen LogP contribution in [0.5, 0.6) is 11.5 Å². The Morgan fingerprint density at radius 2 is 1.93 bits per heavy atom. The molecule has 7 heteroatoms. The number of hydrogen-bond donors (Lipinski definition) is 2. The molecule has 2 aromatic carbocycles. The fraction of sp³-hybridized carbons (Fsp3) is 0.190. The van der Waals surface area contributed by atoms with E-state index in [-0.39, 0.29) is 5.91 Å². The van der Waals surface area contributed by atoms with Gasteiger partial charge in [0.15, 0.2) is 11.5 Å². The molecule has 1 amide bonds. The highest BCUT2D eigenvalue weighted by atomic mass is 16.6. The first-order valence-corrected chi connectivity index (χ1v) is 9.01. The summed E-state index contributed by atoms with van der Waals surface area (Å²) >= 11 is 0. The number of ether oxygens (including phenoxy) is 2. The maximum atomic E-state index is 12.4. The Bertz CT molecular complexity index is 1010. The Morgan fingerprint density at radius 3 is 2.79 bits per heavy atom. The molecule has 7 nitrogen and oxygen atoms in total. The van der Waals surface area contributed by atoms with Crippen LogP contribution in [-0.2, 0) is 6.54 Å². The number of rotatable bonds is 5. The minimum absolute atomic E-state index is 0.255. The largest absolute Gasteiger partial charge is 0.486 e. The van der Waals surface area contributed by atoms with E-state index < -0.39 is 0 Å². The second kappa shape index (κ2) is 7.96. The van der Waals surface area contributed by atoms with Crippen molar-refractivity contribution in [2.45, 2.75) is 13.5 Å². The first kappa shape index (κ1) is 17.8. The lowest BCUT2D eigenvalue weighted by Crippen LogP contribution is -2.24. The third kappa shape index (κ3) is 4.20. The van der Waals surface area contributed by atoms with Crippen molar-refractivity contribution in [1.82, 2.24) is 15.3 Å². The second-order valence-corrected chi connectivity index (χ2v) is 6.42. The Labute approximate surface area is 162 Å². The molecule has 4 rings (SSSR count). The lowest BCUT2D eigenvalue weighted by molar-refractivity contribution is 0.0946. The molecule has 0 atom stereocenters. The predicted octanol–water partition coefficient (Wildman–Crippen LogP) is 3.23. The summed E-state index contributed by atoms with van der Waals surface area (Å²) in [6, 6.07) is 15.1. The zero-order valence-corrected chi connectivity index (χ0v) is 15.4. The number of anilines is 2. The summed E-state index contributed by atoms with van der Waals surface area (Å²) < 4.78 is 11.1. The maximum absolute atomic E-state index is 12.4. The molecule has 0 unspecified atom stereocenters. The number of nitrogens with one attached hydrogen (secondary N) is 2. The number of carbonyl (C=O) groups is 1. The van der Waals surface area contributed by atoms with E-state index in [4.69, 9.17) is 9.47 Å². The summed E-state index contributed by atoms with van der Waals surface area (Å²) in [6.07, 6.45) is 1.55. The lowest BCUT2D eigenvalue weighted by atomic mass is 10.1. The molecular formula is C21H20N4O3. The summed E-state index contributed by atoms with van der Waals surface area (Å²) in [7, 11) is 0. The Hall–Kier alpha value is -3.61. The van der Waals surface area contributed by atoms with Gasteiger partial charge in [-0.3, -0.25) is 4.79 Å². The van der Waals surface area contributed by atoms with Crippen LogP contribution in [0.4, 0.5) is 11.6 Å². The van der Waals surface area contributed by atoms with Gasteiger partial charge in [-0.25, -0.2) is 9.97 Å². The van der Waals surface area contributed by atoms with Crippen LogP contribution in [0.1, 0.15) is 21.6 Å². The predicted molar refractivity (Wildman–Crippen MR) is 105 cm³/mol. The number of benzene rings is 2. The van der Waals surface area contributed by atoms with Gasteiger partial charge in [-0.2, -0.15) is 0 Å². The number of amides is 1. The summed E-state index contributed by atoms with van der Waals surface area (Å²) in [4.78, 5) is 20.9. The van der Waals surface area contributed by atoms with Crippen molar-refractivity contribution in [3.8, 4) is 11.5 Å². The van der Waals surface area contributed by atoms with Gasteiger partial charge in [0.25, 0.3) is 5.91 Å². The van der Waals surface area contributed by atoms with Crippen molar-refractivity contribution in [3.63, 3.8) is 0 Å². The van der Waals surface area contributed by atoms with Gasteiger partial charge >= 0.3 is 0 Å². The van der Waals surface area contributed by atoms with Crippen molar-refractivity contribution in [2.75, 3.05) is 18.5 Å². The van der Waals surface area contributed by atoms with Crippen LogP contribution >= 0.6 is 0 Å². The van der Waals surface area contributed by atoms with E-state index in [2.05, 4.69) is 20.6 Å². The summed E-state index contributed by atoms with van der Waals surface area (Å²) in [5, 5.41) is 5.97. The molecule has 0 spiro atoms. The number of aromatic nitrogens is 2. The van der Waals surface area contributed by atoms with Gasteiger partial charge in [-0.15, -0.1) is 0 Å². The fourth-order valence-corrected chi connectivity index (χ4v) is 2.89. The molecule has 3 aromatic rings. The molecule has 0 bridgehead atoms. The van der Waals surface area contributed by atoms with Crippen LogP contribution in [0.2, 0.25) is 0 Å². The average molecular weight is 376 g/mol. The highest BCUT2D eigenvalue weighted by molar-refractivity contribution is 5.92. The Morgan fingerprint density at radius 1 is 1.07 bits per heavy atom. The zero-order valence-electron chi connectivity index (χ0n) is 15.4. The van der Waals surface area contributed by atoms with E-state index in [0.29, 0.717) is 42.9 Å². The van der Waals surface area contributed by atoms with E-state index >= 15 is 0 Å². The van der Waals surface area contributed by atoms with Gasteiger partial charge in [0, 0.05) is 24.5 Å². The summed E-state index contributed by atoms with van der Waals surface area (Å²) in [6.45, 7) is 3.52. The molecule has 0 aliphatic carbocycles. The van der Waals surface area contributed by atoms with Crippen LogP contribution in [0.25, 0.3) is 0 Å². The number of carbonyl (C=O) groups excluding carboxylic acids is 1. The molecule has 1 aliphatic rings. The number of nitrogens with zero attached hydrogens (tertiary/aromatic N) is 2. The topological polar surface area (TPSA) is 85.4 Å². The first-order chi connectivity index (χ1) is 13.7. The third-order valence-corrected chi connectivity index (χ3v) is 4.22. The van der Waals surface area contributed by atoms with Crippen LogP contribution < -0.4 is 20.1 Å². The minimum atomic E-state index is -0.255. The van der Waals surface area contributed by atoms with Gasteiger partial charge in [0.2, 0.25) is 5.95 Å². The molecular weight excluding hydrogens is 356 g/mol. The van der Waals surface area contributed by atoms with E-state index in [1.54, 1.807) is 12.3 Å². The number of aryl methyl sites for hydroxylation is 1. The van der Waals surface area contributed by atoms with Crippen molar-refractivity contribution in [1.29, 1.82) is 0 Å². The van der Waals surface area contributed by atoms with Gasteiger partial charge in [0.05, 0.1) is 0 Å². The SMILES string of the molecule is Cc1cccc(CNC(=O)c2ccnc(Nc3ccc4c(c3)OCCO4)n2)c1. The molecule has 1 aromatic heterocycles. The third-order valence-electron chi connectivity index (χ3n) is 4.22. The maximum Gasteiger partial charge on any atom is 0.270 e. The summed E-state index contributed by atoms with van der Waals surface area (Å²) in [5.74, 6) is 1.46. The van der Waals surface area contributed by atoms with E-state index in [1.165, 1.54) is 0 Å². The van der Waals surface area contributed by atoms with Gasteiger partial charge in [0.1, 0.15) is 18.9 Å². The standard InChI is InChI=1S/C21H20N4O3/c1-14-3-2-4-15(11-14)13-23-20(26)17-7-8-22-21(25-17)24-16-5-6-18-19(12-16)28-10-9-27-18/h2-8,11-12H,9-10,13H2,1H3,(H,23,26)(H,22,24,25). The molecule has 2 N–H and O–H groups in total. The van der Waals surface area contributed by atoms with E-state index in [9.17, 15) is 4.79 Å². The van der Waals surface area contributed by atoms with Crippen molar-refractivity contribution < 1.29 is 14.3 Å². The lowest BCUT2D eigenvalue weighted by Gasteiger charge is -2.19. The van der Waals surface area contributed by atoms with Crippen LogP contribution in [-0.4, -0.2) is 29.1 Å². The molecule has 0 radical (unpaired) electrons. The van der Waals surface area contributed by atoms with Gasteiger partial charge in [-0.1, -0.05) is 29.8 Å². The van der Waals surface area contributed by atoms with Crippen molar-refractivity contribution >= 4 is 17.5 Å². The van der Waals surface area contributed by atoms with E-state index in [1.807, 2.05) is 49.4 Å². The average Bonchev–Trinajstić information content (AvgIpc) is 2.72. The van der Waals surface area contributed by atoms with Crippen LogP contribution in [0.15, 0.2) is 54.7 Å². The summed E-state index contributed by atoms with van der Waals surface area (Å²) in [5.41, 5.74) is 3.24. The van der Waals surface area contributed by atoms with Crippen LogP contribution in [0.3, 0.4) is 0 Å².